The minimum absolute atomic E-state index is 0.0794. The molecule has 0 unspecified atom stereocenters. The van der Waals surface area contributed by atoms with Gasteiger partial charge in [0.15, 0.2) is 11.0 Å². The highest BCUT2D eigenvalue weighted by Gasteiger charge is 2.21. The lowest BCUT2D eigenvalue weighted by atomic mass is 10.2. The van der Waals surface area contributed by atoms with E-state index in [9.17, 15) is 4.79 Å². The summed E-state index contributed by atoms with van der Waals surface area (Å²) in [4.78, 5) is 19.9. The van der Waals surface area contributed by atoms with E-state index in [1.54, 1.807) is 18.2 Å². The van der Waals surface area contributed by atoms with E-state index in [0.29, 0.717) is 23.0 Å². The number of carbonyl (C=O) groups is 1. The van der Waals surface area contributed by atoms with Crippen LogP contribution in [-0.4, -0.2) is 22.4 Å². The molecule has 1 aromatic carbocycles. The van der Waals surface area contributed by atoms with Crippen molar-refractivity contribution >= 4 is 34.7 Å². The van der Waals surface area contributed by atoms with E-state index in [2.05, 4.69) is 20.6 Å². The zero-order chi connectivity index (χ0) is 15.5. The van der Waals surface area contributed by atoms with Gasteiger partial charge < -0.3 is 16.4 Å². The first kappa shape index (κ1) is 14.6. The van der Waals surface area contributed by atoms with Gasteiger partial charge in [-0.2, -0.15) is 0 Å². The number of rotatable bonds is 5. The zero-order valence-corrected chi connectivity index (χ0v) is 12.6. The average Bonchev–Trinajstić information content (AvgIpc) is 3.34. The van der Waals surface area contributed by atoms with Gasteiger partial charge in [0.25, 0.3) is 5.91 Å². The normalized spacial score (nSPS) is 13.7. The third-order valence-electron chi connectivity index (χ3n) is 3.47. The lowest BCUT2D eigenvalue weighted by Gasteiger charge is -2.10. The topological polar surface area (TPSA) is 92.9 Å². The van der Waals surface area contributed by atoms with E-state index in [1.807, 2.05) is 6.07 Å². The molecule has 0 atom stereocenters. The average molecular weight is 318 g/mol. The van der Waals surface area contributed by atoms with E-state index in [1.165, 1.54) is 19.2 Å². The number of hydrogen-bond donors (Lipinski definition) is 3. The van der Waals surface area contributed by atoms with Crippen LogP contribution in [0.4, 0.5) is 17.2 Å². The smallest absolute Gasteiger partial charge is 0.251 e. The Kier molecular flexibility index (Phi) is 4.11. The van der Waals surface area contributed by atoms with E-state index >= 15 is 0 Å². The van der Waals surface area contributed by atoms with Crippen LogP contribution in [0, 0.1) is 5.92 Å². The molecule has 1 aliphatic carbocycles. The van der Waals surface area contributed by atoms with Crippen LogP contribution in [0.1, 0.15) is 23.2 Å². The summed E-state index contributed by atoms with van der Waals surface area (Å²) >= 11 is 5.86. The maximum Gasteiger partial charge on any atom is 0.251 e. The van der Waals surface area contributed by atoms with Crippen LogP contribution >= 0.6 is 11.6 Å². The molecule has 0 saturated heterocycles. The van der Waals surface area contributed by atoms with E-state index in [0.717, 1.165) is 6.54 Å². The first-order chi connectivity index (χ1) is 10.6. The van der Waals surface area contributed by atoms with Gasteiger partial charge >= 0.3 is 0 Å². The number of nitrogens with one attached hydrogen (secondary N) is 2. The van der Waals surface area contributed by atoms with Gasteiger partial charge in [0.2, 0.25) is 0 Å². The van der Waals surface area contributed by atoms with Crippen LogP contribution in [0.3, 0.4) is 0 Å². The summed E-state index contributed by atoms with van der Waals surface area (Å²) in [5.74, 6) is 0.980. The molecule has 6 nitrogen and oxygen atoms in total. The Bertz CT molecular complexity index is 702. The summed E-state index contributed by atoms with van der Waals surface area (Å²) in [6.07, 6.45) is 3.73. The highest BCUT2D eigenvalue weighted by Crippen LogP contribution is 2.28. The number of halogens is 1. The van der Waals surface area contributed by atoms with Gasteiger partial charge in [-0.15, -0.1) is 0 Å². The van der Waals surface area contributed by atoms with Gasteiger partial charge in [0, 0.05) is 17.8 Å². The zero-order valence-electron chi connectivity index (χ0n) is 11.8. The van der Waals surface area contributed by atoms with Gasteiger partial charge in [-0.25, -0.2) is 9.97 Å². The number of nitrogens with zero attached hydrogens (tertiary/aromatic N) is 2. The number of hydrogen-bond acceptors (Lipinski definition) is 5. The standard InChI is InChI=1S/C15H16ClN5O/c16-13-12(17)14(20-8-19-13)21-11-3-1-2-10(6-11)15(22)18-7-9-4-5-9/h1-3,6,8-9H,4-5,7,17H2,(H,18,22)(H,19,20,21). The maximum atomic E-state index is 12.1. The number of nitrogen functional groups attached to an aromatic ring is 1. The van der Waals surface area contributed by atoms with Crippen LogP contribution in [0.5, 0.6) is 0 Å². The van der Waals surface area contributed by atoms with Crippen molar-refractivity contribution in [1.29, 1.82) is 0 Å². The molecule has 1 amide bonds. The second-order valence-electron chi connectivity index (χ2n) is 5.29. The van der Waals surface area contributed by atoms with Crippen LogP contribution in [0.15, 0.2) is 30.6 Å². The predicted octanol–water partition coefficient (Wildman–Crippen LogP) is 2.60. The summed E-state index contributed by atoms with van der Waals surface area (Å²) in [6.45, 7) is 0.741. The Morgan fingerprint density at radius 3 is 2.95 bits per heavy atom. The number of carbonyl (C=O) groups excluding carboxylic acids is 1. The number of amides is 1. The Labute approximate surface area is 133 Å². The van der Waals surface area contributed by atoms with Crippen LogP contribution in [-0.2, 0) is 0 Å². The fourth-order valence-electron chi connectivity index (χ4n) is 2.01. The van der Waals surface area contributed by atoms with Gasteiger partial charge in [-0.3, -0.25) is 4.79 Å². The monoisotopic (exact) mass is 317 g/mol. The molecule has 1 aromatic heterocycles. The molecule has 4 N–H and O–H groups in total. The van der Waals surface area contributed by atoms with Crippen molar-refractivity contribution in [1.82, 2.24) is 15.3 Å². The first-order valence-electron chi connectivity index (χ1n) is 7.05. The molecule has 0 radical (unpaired) electrons. The molecule has 1 saturated carbocycles. The number of benzene rings is 1. The first-order valence-corrected chi connectivity index (χ1v) is 7.42. The fraction of sp³-hybridized carbons (Fsp3) is 0.267. The largest absolute Gasteiger partial charge is 0.393 e. The lowest BCUT2D eigenvalue weighted by molar-refractivity contribution is 0.0952. The highest BCUT2D eigenvalue weighted by molar-refractivity contribution is 6.32. The number of aromatic nitrogens is 2. The molecule has 2 aromatic rings. The molecular formula is C15H16ClN5O. The summed E-state index contributed by atoms with van der Waals surface area (Å²) < 4.78 is 0. The van der Waals surface area contributed by atoms with Crippen LogP contribution in [0.2, 0.25) is 5.15 Å². The minimum Gasteiger partial charge on any atom is -0.393 e. The molecule has 0 bridgehead atoms. The van der Waals surface area contributed by atoms with Crippen molar-refractivity contribution in [2.24, 2.45) is 5.92 Å². The van der Waals surface area contributed by atoms with Gasteiger partial charge in [0.05, 0.1) is 0 Å². The quantitative estimate of drug-likeness (QED) is 0.737. The third kappa shape index (κ3) is 3.46. The van der Waals surface area contributed by atoms with Crippen LogP contribution < -0.4 is 16.4 Å². The summed E-state index contributed by atoms with van der Waals surface area (Å²) in [5, 5.41) is 6.17. The molecule has 114 valence electrons. The third-order valence-corrected chi connectivity index (χ3v) is 3.77. The van der Waals surface area contributed by atoms with Crippen molar-refractivity contribution in [2.75, 3.05) is 17.6 Å². The fourth-order valence-corrected chi connectivity index (χ4v) is 2.14. The SMILES string of the molecule is Nc1c(Cl)ncnc1Nc1cccc(C(=O)NCC2CC2)c1. The molecule has 1 heterocycles. The Morgan fingerprint density at radius 2 is 2.18 bits per heavy atom. The molecule has 7 heteroatoms. The van der Waals surface area contributed by atoms with Crippen molar-refractivity contribution in [3.05, 3.63) is 41.3 Å². The van der Waals surface area contributed by atoms with Crippen molar-refractivity contribution in [3.63, 3.8) is 0 Å². The predicted molar refractivity (Wildman–Crippen MR) is 86.2 cm³/mol. The molecule has 1 fully saturated rings. The molecule has 0 aliphatic heterocycles. The summed E-state index contributed by atoms with van der Waals surface area (Å²) in [6, 6.07) is 7.14. The van der Waals surface area contributed by atoms with Gasteiger partial charge in [-0.1, -0.05) is 17.7 Å². The lowest BCUT2D eigenvalue weighted by Crippen LogP contribution is -2.25. The van der Waals surface area contributed by atoms with Gasteiger partial charge in [0.1, 0.15) is 12.0 Å². The van der Waals surface area contributed by atoms with Crippen molar-refractivity contribution in [3.8, 4) is 0 Å². The molecule has 0 spiro atoms. The highest BCUT2D eigenvalue weighted by atomic mass is 35.5. The molecular weight excluding hydrogens is 302 g/mol. The van der Waals surface area contributed by atoms with Crippen LogP contribution in [0.25, 0.3) is 0 Å². The Hall–Kier alpha value is -2.34. The summed E-state index contributed by atoms with van der Waals surface area (Å²) in [5.41, 5.74) is 7.38. The van der Waals surface area contributed by atoms with E-state index in [4.69, 9.17) is 17.3 Å². The Morgan fingerprint density at radius 1 is 1.36 bits per heavy atom. The molecule has 22 heavy (non-hydrogen) atoms. The maximum absolute atomic E-state index is 12.1. The minimum atomic E-state index is -0.0794. The van der Waals surface area contributed by atoms with Crippen molar-refractivity contribution < 1.29 is 4.79 Å². The molecule has 3 rings (SSSR count). The second-order valence-corrected chi connectivity index (χ2v) is 5.64. The second kappa shape index (κ2) is 6.19. The van der Waals surface area contributed by atoms with Gasteiger partial charge in [-0.05, 0) is 37.0 Å². The number of anilines is 3. The Balaban J connectivity index is 1.72. The summed E-state index contributed by atoms with van der Waals surface area (Å²) in [7, 11) is 0. The number of nitrogens with two attached hydrogens (primary N) is 1. The van der Waals surface area contributed by atoms with E-state index < -0.39 is 0 Å². The molecule has 1 aliphatic rings. The van der Waals surface area contributed by atoms with Crippen molar-refractivity contribution in [2.45, 2.75) is 12.8 Å². The van der Waals surface area contributed by atoms with E-state index in [-0.39, 0.29) is 16.7 Å².